The number of carbonyl (C=O) groups excluding carboxylic acids is 2. The number of nitrogens with one attached hydrogen (secondary N) is 2. The molecule has 2 N–H and O–H groups in total. The summed E-state index contributed by atoms with van der Waals surface area (Å²) in [5, 5.41) is 5.93. The van der Waals surface area contributed by atoms with Gasteiger partial charge in [0.05, 0.1) is 19.3 Å². The minimum atomic E-state index is -0.260. The SMILES string of the molecule is COc1ccccc1NC(=O)CN1CCC(CNC(=O)[C@H]2CCCO2)CC1. The summed E-state index contributed by atoms with van der Waals surface area (Å²) < 4.78 is 10.7. The molecule has 1 aromatic carbocycles. The van der Waals surface area contributed by atoms with E-state index >= 15 is 0 Å². The summed E-state index contributed by atoms with van der Waals surface area (Å²) in [5.74, 6) is 1.10. The Morgan fingerprint density at radius 3 is 2.70 bits per heavy atom. The molecule has 0 aliphatic carbocycles. The Kier molecular flexibility index (Phi) is 7.06. The maximum Gasteiger partial charge on any atom is 0.249 e. The van der Waals surface area contributed by atoms with Crippen molar-refractivity contribution in [2.45, 2.75) is 31.8 Å². The molecule has 27 heavy (non-hydrogen) atoms. The highest BCUT2D eigenvalue weighted by molar-refractivity contribution is 5.93. The van der Waals surface area contributed by atoms with Gasteiger partial charge in [0.2, 0.25) is 11.8 Å². The number of anilines is 1. The summed E-state index contributed by atoms with van der Waals surface area (Å²) >= 11 is 0. The summed E-state index contributed by atoms with van der Waals surface area (Å²) in [4.78, 5) is 26.5. The molecule has 0 saturated carbocycles. The zero-order valence-electron chi connectivity index (χ0n) is 15.9. The molecule has 0 bridgehead atoms. The lowest BCUT2D eigenvalue weighted by Crippen LogP contribution is -2.43. The second-order valence-electron chi connectivity index (χ2n) is 7.21. The van der Waals surface area contributed by atoms with E-state index in [0.717, 1.165) is 38.8 Å². The van der Waals surface area contributed by atoms with E-state index in [1.807, 2.05) is 24.3 Å². The second kappa shape index (κ2) is 9.71. The van der Waals surface area contributed by atoms with Gasteiger partial charge in [-0.3, -0.25) is 14.5 Å². The van der Waals surface area contributed by atoms with Crippen LogP contribution in [0.5, 0.6) is 5.75 Å². The fraction of sp³-hybridized carbons (Fsp3) is 0.600. The normalized spacial score (nSPS) is 21.0. The summed E-state index contributed by atoms with van der Waals surface area (Å²) in [6.07, 6.45) is 3.49. The number of likely N-dealkylation sites (tertiary alicyclic amines) is 1. The highest BCUT2D eigenvalue weighted by Crippen LogP contribution is 2.23. The van der Waals surface area contributed by atoms with Crippen LogP contribution in [0.25, 0.3) is 0 Å². The monoisotopic (exact) mass is 375 g/mol. The smallest absolute Gasteiger partial charge is 0.249 e. The van der Waals surface area contributed by atoms with Gasteiger partial charge < -0.3 is 20.1 Å². The molecular weight excluding hydrogens is 346 g/mol. The third-order valence-electron chi connectivity index (χ3n) is 5.24. The number of amides is 2. The molecule has 7 heteroatoms. The first-order chi connectivity index (χ1) is 13.2. The number of carbonyl (C=O) groups is 2. The molecule has 2 heterocycles. The second-order valence-corrected chi connectivity index (χ2v) is 7.21. The highest BCUT2D eigenvalue weighted by atomic mass is 16.5. The van der Waals surface area contributed by atoms with Gasteiger partial charge in [-0.05, 0) is 56.8 Å². The molecular formula is C20H29N3O4. The fourth-order valence-corrected chi connectivity index (χ4v) is 3.63. The summed E-state index contributed by atoms with van der Waals surface area (Å²) in [6.45, 7) is 3.47. The van der Waals surface area contributed by atoms with Crippen molar-refractivity contribution < 1.29 is 19.1 Å². The Balaban J connectivity index is 1.36. The predicted molar refractivity (Wildman–Crippen MR) is 103 cm³/mol. The van der Waals surface area contributed by atoms with Crippen LogP contribution in [0, 0.1) is 5.92 Å². The maximum absolute atomic E-state index is 12.3. The summed E-state index contributed by atoms with van der Waals surface area (Å²) in [5.41, 5.74) is 0.691. The van der Waals surface area contributed by atoms with Crippen molar-refractivity contribution in [2.24, 2.45) is 5.92 Å². The topological polar surface area (TPSA) is 79.9 Å². The van der Waals surface area contributed by atoms with Crippen molar-refractivity contribution in [3.8, 4) is 5.75 Å². The molecule has 1 atom stereocenters. The van der Waals surface area contributed by atoms with Gasteiger partial charge >= 0.3 is 0 Å². The quantitative estimate of drug-likeness (QED) is 0.757. The average Bonchev–Trinajstić information content (AvgIpc) is 3.22. The van der Waals surface area contributed by atoms with E-state index in [1.54, 1.807) is 7.11 Å². The molecule has 7 nitrogen and oxygen atoms in total. The third kappa shape index (κ3) is 5.68. The lowest BCUT2D eigenvalue weighted by molar-refractivity contribution is -0.130. The van der Waals surface area contributed by atoms with Gasteiger partial charge in [0.1, 0.15) is 11.9 Å². The first-order valence-electron chi connectivity index (χ1n) is 9.70. The molecule has 2 amide bonds. The van der Waals surface area contributed by atoms with Gasteiger partial charge in [0.15, 0.2) is 0 Å². The van der Waals surface area contributed by atoms with Crippen molar-refractivity contribution in [3.05, 3.63) is 24.3 Å². The van der Waals surface area contributed by atoms with Crippen LogP contribution in [0.2, 0.25) is 0 Å². The van der Waals surface area contributed by atoms with E-state index in [1.165, 1.54) is 0 Å². The maximum atomic E-state index is 12.3. The Labute approximate surface area is 160 Å². The van der Waals surface area contributed by atoms with Gasteiger partial charge in [0, 0.05) is 13.2 Å². The number of ether oxygens (including phenoxy) is 2. The van der Waals surface area contributed by atoms with Crippen molar-refractivity contribution in [1.82, 2.24) is 10.2 Å². The predicted octanol–water partition coefficient (Wildman–Crippen LogP) is 1.64. The van der Waals surface area contributed by atoms with Gasteiger partial charge in [-0.15, -0.1) is 0 Å². The lowest BCUT2D eigenvalue weighted by Gasteiger charge is -2.31. The lowest BCUT2D eigenvalue weighted by atomic mass is 9.96. The average molecular weight is 375 g/mol. The first-order valence-corrected chi connectivity index (χ1v) is 9.70. The minimum absolute atomic E-state index is 0.0196. The van der Waals surface area contributed by atoms with Crippen LogP contribution in [-0.2, 0) is 14.3 Å². The van der Waals surface area contributed by atoms with E-state index in [2.05, 4.69) is 15.5 Å². The third-order valence-corrected chi connectivity index (χ3v) is 5.24. The van der Waals surface area contributed by atoms with Crippen LogP contribution in [0.4, 0.5) is 5.69 Å². The Morgan fingerprint density at radius 1 is 1.22 bits per heavy atom. The van der Waals surface area contributed by atoms with Crippen LogP contribution in [0.15, 0.2) is 24.3 Å². The van der Waals surface area contributed by atoms with Crippen molar-refractivity contribution in [3.63, 3.8) is 0 Å². The number of piperidine rings is 1. The van der Waals surface area contributed by atoms with E-state index in [0.29, 0.717) is 37.1 Å². The minimum Gasteiger partial charge on any atom is -0.495 e. The molecule has 0 unspecified atom stereocenters. The highest BCUT2D eigenvalue weighted by Gasteiger charge is 2.25. The molecule has 0 aromatic heterocycles. The molecule has 0 spiro atoms. The van der Waals surface area contributed by atoms with Gasteiger partial charge in [-0.2, -0.15) is 0 Å². The zero-order valence-corrected chi connectivity index (χ0v) is 15.9. The summed E-state index contributed by atoms with van der Waals surface area (Å²) in [6, 6.07) is 7.40. The Bertz CT molecular complexity index is 638. The van der Waals surface area contributed by atoms with Crippen molar-refractivity contribution >= 4 is 17.5 Å². The van der Waals surface area contributed by atoms with E-state index in [-0.39, 0.29) is 17.9 Å². The van der Waals surface area contributed by atoms with Crippen LogP contribution < -0.4 is 15.4 Å². The van der Waals surface area contributed by atoms with Crippen molar-refractivity contribution in [1.29, 1.82) is 0 Å². The number of nitrogens with zero attached hydrogens (tertiary/aromatic N) is 1. The Morgan fingerprint density at radius 2 is 2.00 bits per heavy atom. The molecule has 2 aliphatic rings. The first kappa shape index (κ1) is 19.6. The molecule has 2 aliphatic heterocycles. The van der Waals surface area contributed by atoms with Gasteiger partial charge in [0.25, 0.3) is 0 Å². The molecule has 0 radical (unpaired) electrons. The molecule has 3 rings (SSSR count). The number of para-hydroxylation sites is 2. The van der Waals surface area contributed by atoms with Crippen LogP contribution in [-0.4, -0.2) is 62.7 Å². The van der Waals surface area contributed by atoms with Crippen LogP contribution in [0.1, 0.15) is 25.7 Å². The zero-order chi connectivity index (χ0) is 19.1. The molecule has 2 fully saturated rings. The largest absolute Gasteiger partial charge is 0.495 e. The van der Waals surface area contributed by atoms with E-state index in [4.69, 9.17) is 9.47 Å². The number of hydrogen-bond donors (Lipinski definition) is 2. The number of methoxy groups -OCH3 is 1. The Hall–Kier alpha value is -2.12. The summed E-state index contributed by atoms with van der Waals surface area (Å²) in [7, 11) is 1.59. The number of benzene rings is 1. The fourth-order valence-electron chi connectivity index (χ4n) is 3.63. The number of hydrogen-bond acceptors (Lipinski definition) is 5. The van der Waals surface area contributed by atoms with Crippen molar-refractivity contribution in [2.75, 3.05) is 45.2 Å². The van der Waals surface area contributed by atoms with Gasteiger partial charge in [-0.25, -0.2) is 0 Å². The number of rotatable bonds is 7. The molecule has 2 saturated heterocycles. The van der Waals surface area contributed by atoms with E-state index < -0.39 is 0 Å². The van der Waals surface area contributed by atoms with Crippen LogP contribution >= 0.6 is 0 Å². The standard InChI is InChI=1S/C20H29N3O4/c1-26-17-6-3-2-5-16(17)22-19(24)14-23-10-8-15(9-11-23)13-21-20(25)18-7-4-12-27-18/h2-3,5-6,15,18H,4,7-14H2,1H3,(H,21,25)(H,22,24)/t18-/m1/s1. The van der Waals surface area contributed by atoms with Gasteiger partial charge in [-0.1, -0.05) is 12.1 Å². The molecule has 1 aromatic rings. The molecule has 148 valence electrons. The van der Waals surface area contributed by atoms with E-state index in [9.17, 15) is 9.59 Å². The van der Waals surface area contributed by atoms with Crippen LogP contribution in [0.3, 0.4) is 0 Å².